The Kier molecular flexibility index (Phi) is 7.47. The number of amides is 1. The van der Waals surface area contributed by atoms with Crippen molar-refractivity contribution < 1.29 is 50.2 Å². The third-order valence-corrected chi connectivity index (χ3v) is 7.14. The van der Waals surface area contributed by atoms with Gasteiger partial charge in [0.05, 0.1) is 28.6 Å². The predicted octanol–water partition coefficient (Wildman–Crippen LogP) is 4.91. The van der Waals surface area contributed by atoms with Crippen molar-refractivity contribution in [3.63, 3.8) is 0 Å². The van der Waals surface area contributed by atoms with E-state index in [0.717, 1.165) is 11.8 Å². The summed E-state index contributed by atoms with van der Waals surface area (Å²) in [5.41, 5.74) is -3.42. The summed E-state index contributed by atoms with van der Waals surface area (Å²) in [6, 6.07) is 3.17. The lowest BCUT2D eigenvalue weighted by atomic mass is 10.0. The van der Waals surface area contributed by atoms with Gasteiger partial charge in [-0.3, -0.25) is 19.4 Å². The molecule has 0 bridgehead atoms. The van der Waals surface area contributed by atoms with Gasteiger partial charge in [-0.25, -0.2) is 4.79 Å². The van der Waals surface area contributed by atoms with Gasteiger partial charge >= 0.3 is 18.3 Å². The first-order valence-electron chi connectivity index (χ1n) is 10.8. The SMILES string of the molecule is O=C(O)C(=O)CN1CCC(N2C(=O)/C(=C/c3ccc(-c4cc(C(F)(F)F)cc(C(F)(F)F)c4)o3)SC2=S)C1. The van der Waals surface area contributed by atoms with E-state index in [2.05, 4.69) is 0 Å². The molecule has 0 spiro atoms. The van der Waals surface area contributed by atoms with Crippen LogP contribution in [0.15, 0.2) is 39.7 Å². The predicted molar refractivity (Wildman–Crippen MR) is 127 cm³/mol. The molecule has 1 atom stereocenters. The first kappa shape index (κ1) is 27.9. The van der Waals surface area contributed by atoms with Crippen molar-refractivity contribution in [3.05, 3.63) is 52.1 Å². The molecule has 0 saturated carbocycles. The summed E-state index contributed by atoms with van der Waals surface area (Å²) < 4.78 is 84.8. The summed E-state index contributed by atoms with van der Waals surface area (Å²) in [7, 11) is 0. The third kappa shape index (κ3) is 5.94. The molecule has 2 saturated heterocycles. The summed E-state index contributed by atoms with van der Waals surface area (Å²) in [4.78, 5) is 38.3. The lowest BCUT2D eigenvalue weighted by molar-refractivity contribution is -0.149. The number of furan rings is 1. The minimum Gasteiger partial charge on any atom is -0.475 e. The molecule has 15 heteroatoms. The van der Waals surface area contributed by atoms with E-state index in [4.69, 9.17) is 21.7 Å². The molecule has 1 aromatic heterocycles. The van der Waals surface area contributed by atoms with Gasteiger partial charge in [-0.15, -0.1) is 0 Å². The average Bonchev–Trinajstić information content (AvgIpc) is 3.52. The molecule has 1 unspecified atom stereocenters. The number of ketones is 1. The highest BCUT2D eigenvalue weighted by Gasteiger charge is 2.41. The number of alkyl halides is 6. The maximum Gasteiger partial charge on any atom is 0.416 e. The average molecular weight is 579 g/mol. The standard InChI is InChI=1S/C23H16F6N2O5S2/c24-22(25,26)12-5-11(6-13(7-12)23(27,28)29)17-2-1-15(36-17)8-18-19(33)31(21(37)38-18)14-3-4-30(9-14)10-16(32)20(34)35/h1-2,5-8,14H,3-4,9-10H2,(H,34,35)/b18-8-. The van der Waals surface area contributed by atoms with Gasteiger partial charge in [0.25, 0.3) is 11.7 Å². The first-order chi connectivity index (χ1) is 17.6. The van der Waals surface area contributed by atoms with E-state index >= 15 is 0 Å². The molecule has 2 aliphatic rings. The number of carboxylic acids is 1. The van der Waals surface area contributed by atoms with Gasteiger partial charge in [-0.2, -0.15) is 26.3 Å². The Balaban J connectivity index is 1.54. The molecule has 7 nitrogen and oxygen atoms in total. The van der Waals surface area contributed by atoms with E-state index in [-0.39, 0.29) is 39.9 Å². The molecule has 0 radical (unpaired) electrons. The fourth-order valence-corrected chi connectivity index (χ4v) is 5.42. The molecule has 2 aromatic rings. The van der Waals surface area contributed by atoms with Crippen LogP contribution in [0.2, 0.25) is 0 Å². The van der Waals surface area contributed by atoms with Crippen molar-refractivity contribution in [1.29, 1.82) is 0 Å². The molecule has 3 heterocycles. The maximum absolute atomic E-state index is 13.2. The van der Waals surface area contributed by atoms with Gasteiger partial charge in [0.1, 0.15) is 15.8 Å². The van der Waals surface area contributed by atoms with E-state index in [1.807, 2.05) is 0 Å². The molecule has 38 heavy (non-hydrogen) atoms. The topological polar surface area (TPSA) is 91.1 Å². The molecule has 1 aromatic carbocycles. The van der Waals surface area contributed by atoms with Crippen LogP contribution in [0.4, 0.5) is 26.3 Å². The van der Waals surface area contributed by atoms with E-state index < -0.39 is 52.7 Å². The Morgan fingerprint density at radius 1 is 1.11 bits per heavy atom. The second-order valence-electron chi connectivity index (χ2n) is 8.45. The molecule has 1 amide bonds. The van der Waals surface area contributed by atoms with Crippen LogP contribution in [0.1, 0.15) is 23.3 Å². The van der Waals surface area contributed by atoms with Gasteiger partial charge < -0.3 is 9.52 Å². The fraction of sp³-hybridized carbons (Fsp3) is 0.304. The van der Waals surface area contributed by atoms with Crippen molar-refractivity contribution in [2.45, 2.75) is 24.8 Å². The molecule has 0 aliphatic carbocycles. The molecular weight excluding hydrogens is 562 g/mol. The van der Waals surface area contributed by atoms with Crippen LogP contribution in [0.25, 0.3) is 17.4 Å². The smallest absolute Gasteiger partial charge is 0.416 e. The number of thioether (sulfide) groups is 1. The monoisotopic (exact) mass is 578 g/mol. The quantitative estimate of drug-likeness (QED) is 0.224. The zero-order valence-corrected chi connectivity index (χ0v) is 20.6. The molecule has 4 rings (SSSR count). The molecule has 2 aliphatic heterocycles. The van der Waals surface area contributed by atoms with Crippen LogP contribution in [0.5, 0.6) is 0 Å². The highest BCUT2D eigenvalue weighted by molar-refractivity contribution is 8.26. The maximum atomic E-state index is 13.2. The van der Waals surface area contributed by atoms with Crippen molar-refractivity contribution in [3.8, 4) is 11.3 Å². The van der Waals surface area contributed by atoms with E-state index in [0.29, 0.717) is 25.1 Å². The largest absolute Gasteiger partial charge is 0.475 e. The summed E-state index contributed by atoms with van der Waals surface area (Å²) in [6.07, 6.45) is -8.32. The van der Waals surface area contributed by atoms with Gasteiger partial charge in [0.2, 0.25) is 0 Å². The van der Waals surface area contributed by atoms with Crippen LogP contribution in [0.3, 0.4) is 0 Å². The van der Waals surface area contributed by atoms with Crippen LogP contribution in [-0.4, -0.2) is 62.6 Å². The van der Waals surface area contributed by atoms with Gasteiger partial charge in [-0.1, -0.05) is 24.0 Å². The zero-order valence-electron chi connectivity index (χ0n) is 18.9. The molecule has 202 valence electrons. The summed E-state index contributed by atoms with van der Waals surface area (Å²) in [5, 5.41) is 8.77. The van der Waals surface area contributed by atoms with Gasteiger partial charge in [-0.05, 0) is 36.8 Å². The number of nitrogens with zero attached hydrogens (tertiary/aromatic N) is 2. The lowest BCUT2D eigenvalue weighted by Gasteiger charge is -2.22. The van der Waals surface area contributed by atoms with E-state index in [1.165, 1.54) is 23.1 Å². The summed E-state index contributed by atoms with van der Waals surface area (Å²) in [5.74, 6) is -3.29. The molecular formula is C23H16F6N2O5S2. The van der Waals surface area contributed by atoms with Crippen LogP contribution in [0, 0.1) is 0 Å². The van der Waals surface area contributed by atoms with Crippen LogP contribution in [-0.2, 0) is 26.7 Å². The number of benzene rings is 1. The number of likely N-dealkylation sites (tertiary alicyclic amines) is 1. The normalized spacial score (nSPS) is 20.1. The van der Waals surface area contributed by atoms with Crippen molar-refractivity contribution in [2.75, 3.05) is 19.6 Å². The first-order valence-corrected chi connectivity index (χ1v) is 12.0. The number of thiocarbonyl (C=S) groups is 1. The van der Waals surface area contributed by atoms with E-state index in [1.54, 1.807) is 4.90 Å². The Hall–Kier alpha value is -3.17. The number of aliphatic carboxylic acids is 1. The number of halogens is 6. The van der Waals surface area contributed by atoms with Crippen LogP contribution >= 0.6 is 24.0 Å². The third-order valence-electron chi connectivity index (χ3n) is 5.81. The summed E-state index contributed by atoms with van der Waals surface area (Å²) >= 11 is 6.23. The summed E-state index contributed by atoms with van der Waals surface area (Å²) in [6.45, 7) is 0.288. The highest BCUT2D eigenvalue weighted by atomic mass is 32.2. The Labute approximate surface area is 220 Å². The Bertz CT molecular complexity index is 1320. The van der Waals surface area contributed by atoms with Crippen molar-refractivity contribution >= 4 is 52.0 Å². The highest BCUT2D eigenvalue weighted by Crippen LogP contribution is 2.40. The second-order valence-corrected chi connectivity index (χ2v) is 10.1. The molecule has 2 fully saturated rings. The van der Waals surface area contributed by atoms with Crippen LogP contribution < -0.4 is 0 Å². The fourth-order valence-electron chi connectivity index (χ4n) is 4.04. The van der Waals surface area contributed by atoms with Crippen molar-refractivity contribution in [2.24, 2.45) is 0 Å². The number of Topliss-reactive ketones (excluding diaryl/α,β-unsaturated/α-hetero) is 1. The minimum atomic E-state index is -5.02. The van der Waals surface area contributed by atoms with Crippen molar-refractivity contribution in [1.82, 2.24) is 9.80 Å². The minimum absolute atomic E-state index is 0.00609. The van der Waals surface area contributed by atoms with Gasteiger partial charge in [0, 0.05) is 24.7 Å². The van der Waals surface area contributed by atoms with E-state index in [9.17, 15) is 40.7 Å². The second kappa shape index (κ2) is 10.2. The number of carbonyl (C=O) groups is 3. The number of hydrogen-bond acceptors (Lipinski definition) is 7. The Morgan fingerprint density at radius 3 is 2.32 bits per heavy atom. The zero-order chi connectivity index (χ0) is 28.0. The number of carbonyl (C=O) groups excluding carboxylic acids is 2. The lowest BCUT2D eigenvalue weighted by Crippen LogP contribution is -2.41. The number of hydrogen-bond donors (Lipinski definition) is 1. The number of carboxylic acid groups (broad SMARTS) is 1. The van der Waals surface area contributed by atoms with Gasteiger partial charge in [0.15, 0.2) is 0 Å². The molecule has 1 N–H and O–H groups in total. The number of rotatable bonds is 6. The Morgan fingerprint density at radius 2 is 1.74 bits per heavy atom.